The predicted molar refractivity (Wildman–Crippen MR) is 124 cm³/mol. The number of amides is 1. The molecule has 0 unspecified atom stereocenters. The summed E-state index contributed by atoms with van der Waals surface area (Å²) in [4.78, 5) is 20.7. The molecule has 1 aliphatic carbocycles. The monoisotopic (exact) mass is 409 g/mol. The molecule has 5 heteroatoms. The lowest BCUT2D eigenvalue weighted by molar-refractivity contribution is -0.127. The summed E-state index contributed by atoms with van der Waals surface area (Å²) in [6.45, 7) is 4.74. The summed E-state index contributed by atoms with van der Waals surface area (Å²) in [7, 11) is 1.87. The molecule has 4 nitrogen and oxygen atoms in total. The number of H-pyrrole nitrogens is 1. The topological polar surface area (TPSA) is 39.3 Å². The summed E-state index contributed by atoms with van der Waals surface area (Å²) in [5.41, 5.74) is 6.61. The lowest BCUT2D eigenvalue weighted by atomic mass is 10.0. The zero-order valence-electron chi connectivity index (χ0n) is 17.5. The molecule has 1 aromatic carbocycles. The molecule has 2 aromatic rings. The number of allylic oxidation sites excluding steroid dienone is 1. The SMILES string of the molecule is CC(=O)N(C)CCCSc1ccc(N2CCCC2)c(-c2cc3c([nH]2)CCC=C3)c1. The first-order valence-corrected chi connectivity index (χ1v) is 11.7. The molecule has 154 valence electrons. The zero-order chi connectivity index (χ0) is 20.2. The highest BCUT2D eigenvalue weighted by Crippen LogP contribution is 2.37. The molecule has 0 saturated carbocycles. The third-order valence-electron chi connectivity index (χ3n) is 5.94. The molecule has 0 atom stereocenters. The van der Waals surface area contributed by atoms with Crippen LogP contribution in [0.15, 0.2) is 35.2 Å². The lowest BCUT2D eigenvalue weighted by Crippen LogP contribution is -2.25. The van der Waals surface area contributed by atoms with Crippen molar-refractivity contribution in [3.05, 3.63) is 41.6 Å². The Kier molecular flexibility index (Phi) is 6.34. The smallest absolute Gasteiger partial charge is 0.219 e. The number of fused-ring (bicyclic) bond motifs is 1. The van der Waals surface area contributed by atoms with E-state index in [1.807, 2.05) is 18.8 Å². The third kappa shape index (κ3) is 4.72. The van der Waals surface area contributed by atoms with Gasteiger partial charge in [0, 0.05) is 61.1 Å². The second kappa shape index (κ2) is 9.12. The number of aromatic amines is 1. The van der Waals surface area contributed by atoms with Crippen LogP contribution in [0, 0.1) is 0 Å². The summed E-state index contributed by atoms with van der Waals surface area (Å²) in [6.07, 6.45) is 10.3. The summed E-state index contributed by atoms with van der Waals surface area (Å²) in [5, 5.41) is 0. The fourth-order valence-electron chi connectivity index (χ4n) is 4.16. The molecule has 1 amide bonds. The van der Waals surface area contributed by atoms with Crippen LogP contribution in [-0.2, 0) is 11.2 Å². The molecule has 1 aliphatic heterocycles. The highest BCUT2D eigenvalue weighted by atomic mass is 32.2. The van der Waals surface area contributed by atoms with Crippen LogP contribution < -0.4 is 4.90 Å². The summed E-state index contributed by atoms with van der Waals surface area (Å²) < 4.78 is 0. The molecule has 2 heterocycles. The minimum Gasteiger partial charge on any atom is -0.371 e. The van der Waals surface area contributed by atoms with E-state index < -0.39 is 0 Å². The second-order valence-electron chi connectivity index (χ2n) is 8.07. The molecule has 29 heavy (non-hydrogen) atoms. The Morgan fingerprint density at radius 2 is 2.07 bits per heavy atom. The van der Waals surface area contributed by atoms with Crippen molar-refractivity contribution >= 4 is 29.4 Å². The van der Waals surface area contributed by atoms with E-state index in [9.17, 15) is 4.79 Å². The number of anilines is 1. The van der Waals surface area contributed by atoms with Gasteiger partial charge in [-0.15, -0.1) is 11.8 Å². The van der Waals surface area contributed by atoms with Gasteiger partial charge in [0.15, 0.2) is 0 Å². The number of aromatic nitrogens is 1. The van der Waals surface area contributed by atoms with Gasteiger partial charge in [0.1, 0.15) is 0 Å². The van der Waals surface area contributed by atoms with Crippen molar-refractivity contribution in [3.8, 4) is 11.3 Å². The molecule has 0 bridgehead atoms. The molecule has 1 saturated heterocycles. The first kappa shape index (κ1) is 20.1. The number of nitrogens with zero attached hydrogens (tertiary/aromatic N) is 2. The van der Waals surface area contributed by atoms with E-state index in [0.717, 1.165) is 44.6 Å². The maximum Gasteiger partial charge on any atom is 0.219 e. The Morgan fingerprint density at radius 3 is 2.83 bits per heavy atom. The maximum absolute atomic E-state index is 11.4. The van der Waals surface area contributed by atoms with Crippen molar-refractivity contribution < 1.29 is 4.79 Å². The first-order chi connectivity index (χ1) is 14.1. The van der Waals surface area contributed by atoms with Crippen molar-refractivity contribution in [1.29, 1.82) is 0 Å². The maximum atomic E-state index is 11.4. The van der Waals surface area contributed by atoms with Gasteiger partial charge in [0.05, 0.1) is 0 Å². The summed E-state index contributed by atoms with van der Waals surface area (Å²) in [6, 6.07) is 9.24. The first-order valence-electron chi connectivity index (χ1n) is 10.7. The van der Waals surface area contributed by atoms with E-state index >= 15 is 0 Å². The normalized spacial score (nSPS) is 15.6. The number of aryl methyl sites for hydroxylation is 1. The van der Waals surface area contributed by atoms with Crippen molar-refractivity contribution in [1.82, 2.24) is 9.88 Å². The molecule has 1 N–H and O–H groups in total. The molecule has 1 fully saturated rings. The Morgan fingerprint density at radius 1 is 1.24 bits per heavy atom. The van der Waals surface area contributed by atoms with Gasteiger partial charge in [-0.1, -0.05) is 12.2 Å². The highest BCUT2D eigenvalue weighted by Gasteiger charge is 2.19. The Labute approximate surface area is 178 Å². The molecular formula is C24H31N3OS. The molecule has 0 radical (unpaired) electrons. The quantitative estimate of drug-likeness (QED) is 0.504. The fourth-order valence-corrected chi connectivity index (χ4v) is 5.03. The number of rotatable bonds is 7. The van der Waals surface area contributed by atoms with Crippen LogP contribution in [0.5, 0.6) is 0 Å². The van der Waals surface area contributed by atoms with E-state index in [1.165, 1.54) is 45.9 Å². The second-order valence-corrected chi connectivity index (χ2v) is 9.24. The van der Waals surface area contributed by atoms with E-state index in [4.69, 9.17) is 0 Å². The molecule has 0 spiro atoms. The zero-order valence-corrected chi connectivity index (χ0v) is 18.4. The summed E-state index contributed by atoms with van der Waals surface area (Å²) >= 11 is 1.88. The largest absolute Gasteiger partial charge is 0.371 e. The van der Waals surface area contributed by atoms with Gasteiger partial charge in [0.25, 0.3) is 0 Å². The number of hydrogen-bond donors (Lipinski definition) is 1. The van der Waals surface area contributed by atoms with Gasteiger partial charge in [-0.2, -0.15) is 0 Å². The fraction of sp³-hybridized carbons (Fsp3) is 0.458. The Hall–Kier alpha value is -2.14. The number of hydrogen-bond acceptors (Lipinski definition) is 3. The number of carbonyl (C=O) groups excluding carboxylic acids is 1. The van der Waals surface area contributed by atoms with Crippen molar-refractivity contribution in [2.75, 3.05) is 37.3 Å². The Bertz CT molecular complexity index is 896. The Balaban J connectivity index is 1.54. The number of nitrogens with one attached hydrogen (secondary N) is 1. The van der Waals surface area contributed by atoms with E-state index in [-0.39, 0.29) is 5.91 Å². The lowest BCUT2D eigenvalue weighted by Gasteiger charge is -2.22. The van der Waals surface area contributed by atoms with E-state index in [0.29, 0.717) is 0 Å². The number of thioether (sulfide) groups is 1. The van der Waals surface area contributed by atoms with Gasteiger partial charge in [0.2, 0.25) is 5.91 Å². The van der Waals surface area contributed by atoms with Gasteiger partial charge in [-0.3, -0.25) is 4.79 Å². The van der Waals surface area contributed by atoms with Crippen molar-refractivity contribution in [3.63, 3.8) is 0 Å². The van der Waals surface area contributed by atoms with Gasteiger partial charge < -0.3 is 14.8 Å². The van der Waals surface area contributed by atoms with Crippen LogP contribution >= 0.6 is 11.8 Å². The van der Waals surface area contributed by atoms with Gasteiger partial charge >= 0.3 is 0 Å². The standard InChI is InChI=1S/C24H31N3OS/c1-18(28)26(2)12-7-15-29-20-10-11-24(27-13-5-6-14-27)21(17-20)23-16-19-8-3-4-9-22(19)25-23/h3,8,10-11,16-17,25H,4-7,9,12-15H2,1-2H3. The van der Waals surface area contributed by atoms with Crippen LogP contribution in [0.4, 0.5) is 5.69 Å². The van der Waals surface area contributed by atoms with Crippen LogP contribution in [0.25, 0.3) is 17.3 Å². The third-order valence-corrected chi connectivity index (χ3v) is 7.02. The minimum absolute atomic E-state index is 0.136. The van der Waals surface area contributed by atoms with Crippen LogP contribution in [0.3, 0.4) is 0 Å². The predicted octanol–water partition coefficient (Wildman–Crippen LogP) is 5.20. The van der Waals surface area contributed by atoms with Crippen LogP contribution in [0.2, 0.25) is 0 Å². The average Bonchev–Trinajstić information content (AvgIpc) is 3.40. The highest BCUT2D eigenvalue weighted by molar-refractivity contribution is 7.99. The van der Waals surface area contributed by atoms with E-state index in [2.05, 4.69) is 46.3 Å². The average molecular weight is 410 g/mol. The molecule has 1 aromatic heterocycles. The van der Waals surface area contributed by atoms with Gasteiger partial charge in [-0.25, -0.2) is 0 Å². The van der Waals surface area contributed by atoms with Crippen LogP contribution in [0.1, 0.15) is 43.9 Å². The van der Waals surface area contributed by atoms with Crippen molar-refractivity contribution in [2.45, 2.75) is 43.9 Å². The van der Waals surface area contributed by atoms with Gasteiger partial charge in [-0.05, 0) is 67.7 Å². The molecular weight excluding hydrogens is 378 g/mol. The number of benzene rings is 1. The van der Waals surface area contributed by atoms with E-state index in [1.54, 1.807) is 11.8 Å². The summed E-state index contributed by atoms with van der Waals surface area (Å²) in [5.74, 6) is 1.15. The number of carbonyl (C=O) groups is 1. The van der Waals surface area contributed by atoms with Crippen molar-refractivity contribution in [2.24, 2.45) is 0 Å². The molecule has 2 aliphatic rings. The van der Waals surface area contributed by atoms with Crippen LogP contribution in [-0.4, -0.2) is 48.2 Å². The minimum atomic E-state index is 0.136. The molecule has 4 rings (SSSR count).